The van der Waals surface area contributed by atoms with Gasteiger partial charge in [-0.2, -0.15) is 0 Å². The van der Waals surface area contributed by atoms with Gasteiger partial charge < -0.3 is 9.47 Å². The Kier molecular flexibility index (Phi) is 8.92. The van der Waals surface area contributed by atoms with Gasteiger partial charge in [0.15, 0.2) is 5.78 Å². The number of ketones is 1. The van der Waals surface area contributed by atoms with Gasteiger partial charge >= 0.3 is 0 Å². The van der Waals surface area contributed by atoms with E-state index in [2.05, 4.69) is 6.92 Å². The summed E-state index contributed by atoms with van der Waals surface area (Å²) in [6, 6.07) is 0. The Bertz CT molecular complexity index is 367. The fraction of sp³-hybridized carbons (Fsp3) is 0.812. The van der Waals surface area contributed by atoms with Crippen LogP contribution in [0.2, 0.25) is 0 Å². The van der Waals surface area contributed by atoms with Crippen molar-refractivity contribution >= 4 is 17.6 Å². The van der Waals surface area contributed by atoms with Crippen molar-refractivity contribution in [1.82, 2.24) is 4.90 Å². The lowest BCUT2D eigenvalue weighted by Crippen LogP contribution is -2.32. The quantitative estimate of drug-likeness (QED) is 0.404. The van der Waals surface area contributed by atoms with Crippen LogP contribution in [0.3, 0.4) is 0 Å². The van der Waals surface area contributed by atoms with Crippen LogP contribution in [-0.2, 0) is 23.9 Å². The molecule has 1 saturated heterocycles. The number of hydrogen-bond acceptors (Lipinski definition) is 5. The second kappa shape index (κ2) is 10.5. The number of carbonyl (C=O) groups is 3. The minimum Gasteiger partial charge on any atom is -0.377 e. The summed E-state index contributed by atoms with van der Waals surface area (Å²) in [5.41, 5.74) is 0. The SMILES string of the molecule is CCCC(CC)C(=O)COCCOCCN1C(=O)CCC1=O. The first-order chi connectivity index (χ1) is 10.6. The van der Waals surface area contributed by atoms with Gasteiger partial charge in [0.05, 0.1) is 26.4 Å². The summed E-state index contributed by atoms with van der Waals surface area (Å²) in [4.78, 5) is 35.8. The van der Waals surface area contributed by atoms with Gasteiger partial charge in [0.2, 0.25) is 11.8 Å². The molecule has 6 heteroatoms. The molecule has 0 aliphatic carbocycles. The van der Waals surface area contributed by atoms with E-state index in [1.165, 1.54) is 4.90 Å². The second-order valence-electron chi connectivity index (χ2n) is 5.46. The van der Waals surface area contributed by atoms with Gasteiger partial charge in [-0.25, -0.2) is 0 Å². The molecular weight excluding hydrogens is 286 g/mol. The predicted octanol–water partition coefficient (Wildman–Crippen LogP) is 1.56. The first kappa shape index (κ1) is 18.8. The fourth-order valence-corrected chi connectivity index (χ4v) is 2.48. The molecule has 0 saturated carbocycles. The molecule has 0 aromatic heterocycles. The van der Waals surface area contributed by atoms with E-state index in [4.69, 9.17) is 9.47 Å². The molecule has 0 aromatic carbocycles. The summed E-state index contributed by atoms with van der Waals surface area (Å²) >= 11 is 0. The van der Waals surface area contributed by atoms with Gasteiger partial charge in [-0.05, 0) is 12.8 Å². The number of ether oxygens (including phenoxy) is 2. The van der Waals surface area contributed by atoms with E-state index >= 15 is 0 Å². The Hall–Kier alpha value is -1.27. The number of rotatable bonds is 12. The smallest absolute Gasteiger partial charge is 0.229 e. The molecule has 22 heavy (non-hydrogen) atoms. The van der Waals surface area contributed by atoms with Crippen molar-refractivity contribution in [2.45, 2.75) is 46.0 Å². The molecule has 1 atom stereocenters. The molecule has 6 nitrogen and oxygen atoms in total. The summed E-state index contributed by atoms with van der Waals surface area (Å²) in [7, 11) is 0. The third-order valence-electron chi connectivity index (χ3n) is 3.82. The first-order valence-corrected chi connectivity index (χ1v) is 8.11. The highest BCUT2D eigenvalue weighted by molar-refractivity contribution is 6.01. The van der Waals surface area contributed by atoms with Gasteiger partial charge in [-0.3, -0.25) is 19.3 Å². The molecule has 1 fully saturated rings. The number of Topliss-reactive ketones (excluding diaryl/α,β-unsaturated/α-hetero) is 1. The third-order valence-corrected chi connectivity index (χ3v) is 3.82. The average molecular weight is 313 g/mol. The van der Waals surface area contributed by atoms with Crippen LogP contribution >= 0.6 is 0 Å². The van der Waals surface area contributed by atoms with Crippen molar-refractivity contribution in [3.8, 4) is 0 Å². The van der Waals surface area contributed by atoms with E-state index in [1.54, 1.807) is 0 Å². The third kappa shape index (κ3) is 6.23. The van der Waals surface area contributed by atoms with E-state index in [1.807, 2.05) is 6.92 Å². The Labute approximate surface area is 132 Å². The largest absolute Gasteiger partial charge is 0.377 e. The number of likely N-dealkylation sites (tertiary alicyclic amines) is 1. The van der Waals surface area contributed by atoms with Gasteiger partial charge in [0.1, 0.15) is 6.61 Å². The number of hydrogen-bond donors (Lipinski definition) is 0. The zero-order valence-corrected chi connectivity index (χ0v) is 13.6. The number of amides is 2. The normalized spacial score (nSPS) is 16.4. The molecule has 2 amide bonds. The van der Waals surface area contributed by atoms with Crippen LogP contribution in [0.15, 0.2) is 0 Å². The minimum absolute atomic E-state index is 0.0955. The summed E-state index contributed by atoms with van der Waals surface area (Å²) in [5, 5.41) is 0. The maximum Gasteiger partial charge on any atom is 0.229 e. The Morgan fingerprint density at radius 2 is 1.73 bits per heavy atom. The number of imide groups is 1. The molecular formula is C16H27NO5. The zero-order chi connectivity index (χ0) is 16.4. The Balaban J connectivity index is 2.02. The summed E-state index contributed by atoms with van der Waals surface area (Å²) in [6.07, 6.45) is 3.37. The van der Waals surface area contributed by atoms with Crippen LogP contribution in [0.5, 0.6) is 0 Å². The summed E-state index contributed by atoms with van der Waals surface area (Å²) in [6.45, 7) is 5.52. The van der Waals surface area contributed by atoms with Crippen molar-refractivity contribution < 1.29 is 23.9 Å². The van der Waals surface area contributed by atoms with Crippen molar-refractivity contribution in [3.63, 3.8) is 0 Å². The average Bonchev–Trinajstić information content (AvgIpc) is 2.82. The highest BCUT2D eigenvalue weighted by Gasteiger charge is 2.28. The summed E-state index contributed by atoms with van der Waals surface area (Å²) in [5.74, 6) is -0.00956. The second-order valence-corrected chi connectivity index (χ2v) is 5.46. The lowest BCUT2D eigenvalue weighted by atomic mass is 9.96. The fourth-order valence-electron chi connectivity index (χ4n) is 2.48. The molecule has 1 unspecified atom stereocenters. The van der Waals surface area contributed by atoms with E-state index in [-0.39, 0.29) is 30.1 Å². The van der Waals surface area contributed by atoms with Gasteiger partial charge in [-0.1, -0.05) is 20.3 Å². The highest BCUT2D eigenvalue weighted by atomic mass is 16.5. The Morgan fingerprint density at radius 3 is 2.32 bits per heavy atom. The molecule has 0 aromatic rings. The maximum absolute atomic E-state index is 11.9. The Morgan fingerprint density at radius 1 is 1.09 bits per heavy atom. The zero-order valence-electron chi connectivity index (χ0n) is 13.6. The van der Waals surface area contributed by atoms with Gasteiger partial charge in [0.25, 0.3) is 0 Å². The highest BCUT2D eigenvalue weighted by Crippen LogP contribution is 2.12. The minimum atomic E-state index is -0.128. The van der Waals surface area contributed by atoms with Gasteiger partial charge in [-0.15, -0.1) is 0 Å². The standard InChI is InChI=1S/C16H27NO5/c1-3-5-13(4-2)14(18)12-22-11-10-21-9-8-17-15(19)6-7-16(17)20/h13H,3-12H2,1-2H3. The first-order valence-electron chi connectivity index (χ1n) is 8.11. The van der Waals surface area contributed by atoms with Crippen LogP contribution in [-0.4, -0.2) is 55.5 Å². The van der Waals surface area contributed by atoms with E-state index < -0.39 is 0 Å². The topological polar surface area (TPSA) is 72.9 Å². The number of carbonyl (C=O) groups excluding carboxylic acids is 3. The molecule has 0 bridgehead atoms. The molecule has 1 aliphatic rings. The van der Waals surface area contributed by atoms with Crippen molar-refractivity contribution in [3.05, 3.63) is 0 Å². The molecule has 0 radical (unpaired) electrons. The van der Waals surface area contributed by atoms with E-state index in [0.29, 0.717) is 39.2 Å². The van der Waals surface area contributed by atoms with E-state index in [9.17, 15) is 14.4 Å². The molecule has 126 valence electrons. The van der Waals surface area contributed by atoms with Gasteiger partial charge in [0, 0.05) is 18.8 Å². The van der Waals surface area contributed by atoms with Crippen molar-refractivity contribution in [2.75, 3.05) is 33.0 Å². The monoisotopic (exact) mass is 313 g/mol. The van der Waals surface area contributed by atoms with Crippen molar-refractivity contribution in [2.24, 2.45) is 5.92 Å². The lowest BCUT2D eigenvalue weighted by Gasteiger charge is -2.14. The van der Waals surface area contributed by atoms with Crippen LogP contribution in [0, 0.1) is 5.92 Å². The van der Waals surface area contributed by atoms with E-state index in [0.717, 1.165) is 19.3 Å². The maximum atomic E-state index is 11.9. The molecule has 0 spiro atoms. The molecule has 1 aliphatic heterocycles. The molecule has 1 heterocycles. The molecule has 1 rings (SSSR count). The molecule has 0 N–H and O–H groups in total. The number of nitrogens with zero attached hydrogens (tertiary/aromatic N) is 1. The van der Waals surface area contributed by atoms with Crippen LogP contribution in [0.1, 0.15) is 46.0 Å². The lowest BCUT2D eigenvalue weighted by molar-refractivity contribution is -0.139. The predicted molar refractivity (Wildman–Crippen MR) is 81.3 cm³/mol. The van der Waals surface area contributed by atoms with Crippen LogP contribution in [0.4, 0.5) is 0 Å². The van der Waals surface area contributed by atoms with Crippen molar-refractivity contribution in [1.29, 1.82) is 0 Å². The van der Waals surface area contributed by atoms with Crippen LogP contribution in [0.25, 0.3) is 0 Å². The summed E-state index contributed by atoms with van der Waals surface area (Å²) < 4.78 is 10.6. The van der Waals surface area contributed by atoms with Crippen LogP contribution < -0.4 is 0 Å².